The molecule has 0 spiro atoms. The largest absolute Gasteiger partial charge is 0.496 e. The van der Waals surface area contributed by atoms with Crippen LogP contribution in [0.3, 0.4) is 0 Å². The summed E-state index contributed by atoms with van der Waals surface area (Å²) in [5, 5.41) is 0. The number of hydrogen-bond donors (Lipinski definition) is 1. The summed E-state index contributed by atoms with van der Waals surface area (Å²) >= 11 is 1.45. The third kappa shape index (κ3) is 4.32. The Morgan fingerprint density at radius 2 is 2.12 bits per heavy atom. The zero-order valence-corrected chi connectivity index (χ0v) is 10.9. The van der Waals surface area contributed by atoms with Gasteiger partial charge in [0.05, 0.1) is 12.9 Å². The van der Waals surface area contributed by atoms with Crippen LogP contribution in [0.25, 0.3) is 0 Å². The Balaban J connectivity index is 2.67. The lowest BCUT2D eigenvalue weighted by Crippen LogP contribution is -2.05. The van der Waals surface area contributed by atoms with Gasteiger partial charge in [-0.3, -0.25) is 0 Å². The highest BCUT2D eigenvalue weighted by molar-refractivity contribution is 8.00. The zero-order chi connectivity index (χ0) is 12.2. The second kappa shape index (κ2) is 5.45. The van der Waals surface area contributed by atoms with Crippen molar-refractivity contribution in [2.75, 3.05) is 30.6 Å². The Kier molecular flexibility index (Phi) is 4.49. The van der Waals surface area contributed by atoms with E-state index in [2.05, 4.69) is 0 Å². The van der Waals surface area contributed by atoms with Crippen LogP contribution >= 0.6 is 11.8 Å². The Hall–Kier alpha value is -0.880. The van der Waals surface area contributed by atoms with Crippen LogP contribution in [0.15, 0.2) is 23.1 Å². The number of rotatable bonds is 5. The summed E-state index contributed by atoms with van der Waals surface area (Å²) in [7, 11) is -1.34. The predicted octanol–water partition coefficient (Wildman–Crippen LogP) is 1.41. The van der Waals surface area contributed by atoms with Gasteiger partial charge >= 0.3 is 0 Å². The van der Waals surface area contributed by atoms with Crippen molar-refractivity contribution in [2.45, 2.75) is 4.90 Å². The lowest BCUT2D eigenvalue weighted by molar-refractivity contribution is 0.405. The van der Waals surface area contributed by atoms with Gasteiger partial charge in [0, 0.05) is 28.7 Å². The molecular formula is C10H15NO3S2. The van der Waals surface area contributed by atoms with Crippen molar-refractivity contribution in [3.8, 4) is 5.75 Å². The highest BCUT2D eigenvalue weighted by Crippen LogP contribution is 2.30. The van der Waals surface area contributed by atoms with Crippen LogP contribution in [0.4, 0.5) is 5.69 Å². The van der Waals surface area contributed by atoms with Crippen LogP contribution in [0.5, 0.6) is 5.75 Å². The van der Waals surface area contributed by atoms with Gasteiger partial charge < -0.3 is 10.5 Å². The molecule has 6 heteroatoms. The van der Waals surface area contributed by atoms with Crippen molar-refractivity contribution in [1.82, 2.24) is 0 Å². The molecule has 0 fully saturated rings. The van der Waals surface area contributed by atoms with Gasteiger partial charge in [-0.05, 0) is 12.1 Å². The number of thioether (sulfide) groups is 1. The van der Waals surface area contributed by atoms with E-state index in [-0.39, 0.29) is 5.75 Å². The quantitative estimate of drug-likeness (QED) is 0.641. The van der Waals surface area contributed by atoms with Crippen LogP contribution in [0.1, 0.15) is 0 Å². The molecule has 0 saturated heterocycles. The maximum absolute atomic E-state index is 11.0. The summed E-state index contributed by atoms with van der Waals surface area (Å²) in [5.41, 5.74) is 6.24. The fourth-order valence-corrected chi connectivity index (χ4v) is 3.32. The van der Waals surface area contributed by atoms with Crippen molar-refractivity contribution < 1.29 is 13.2 Å². The van der Waals surface area contributed by atoms with Gasteiger partial charge in [-0.25, -0.2) is 8.42 Å². The van der Waals surface area contributed by atoms with Crippen molar-refractivity contribution >= 4 is 27.3 Å². The molecule has 0 heterocycles. The predicted molar refractivity (Wildman–Crippen MR) is 67.8 cm³/mol. The fourth-order valence-electron chi connectivity index (χ4n) is 1.11. The number of sulfone groups is 1. The van der Waals surface area contributed by atoms with Gasteiger partial charge in [-0.1, -0.05) is 0 Å². The van der Waals surface area contributed by atoms with Crippen molar-refractivity contribution in [2.24, 2.45) is 0 Å². The smallest absolute Gasteiger partial charge is 0.148 e. The number of hydrogen-bond acceptors (Lipinski definition) is 5. The number of methoxy groups -OCH3 is 1. The van der Waals surface area contributed by atoms with Gasteiger partial charge in [-0.2, -0.15) is 0 Å². The first kappa shape index (κ1) is 13.2. The third-order valence-corrected chi connectivity index (χ3v) is 4.16. The molecule has 1 aromatic rings. The lowest BCUT2D eigenvalue weighted by Gasteiger charge is -2.08. The van der Waals surface area contributed by atoms with Crippen LogP contribution in [0, 0.1) is 0 Å². The molecule has 16 heavy (non-hydrogen) atoms. The summed E-state index contributed by atoms with van der Waals surface area (Å²) in [5.74, 6) is 1.35. The molecular weight excluding hydrogens is 246 g/mol. The molecule has 0 aromatic heterocycles. The van der Waals surface area contributed by atoms with E-state index in [1.807, 2.05) is 6.07 Å². The normalized spacial score (nSPS) is 11.4. The van der Waals surface area contributed by atoms with Gasteiger partial charge in [0.2, 0.25) is 0 Å². The molecule has 0 radical (unpaired) electrons. The van der Waals surface area contributed by atoms with Gasteiger partial charge in [0.15, 0.2) is 0 Å². The van der Waals surface area contributed by atoms with E-state index in [0.717, 1.165) is 4.90 Å². The number of nitrogen functional groups attached to an aromatic ring is 1. The van der Waals surface area contributed by atoms with E-state index in [0.29, 0.717) is 17.2 Å². The zero-order valence-electron chi connectivity index (χ0n) is 9.26. The third-order valence-electron chi connectivity index (χ3n) is 1.90. The number of benzene rings is 1. The molecule has 0 bridgehead atoms. The topological polar surface area (TPSA) is 69.4 Å². The minimum Gasteiger partial charge on any atom is -0.496 e. The van der Waals surface area contributed by atoms with Crippen LogP contribution in [0.2, 0.25) is 0 Å². The summed E-state index contributed by atoms with van der Waals surface area (Å²) in [4.78, 5) is 0.903. The molecule has 0 aliphatic heterocycles. The molecule has 0 atom stereocenters. The van der Waals surface area contributed by atoms with E-state index in [1.165, 1.54) is 18.0 Å². The first-order chi connectivity index (χ1) is 7.42. The second-order valence-electron chi connectivity index (χ2n) is 3.39. The lowest BCUT2D eigenvalue weighted by atomic mass is 10.3. The van der Waals surface area contributed by atoms with Crippen LogP contribution in [-0.4, -0.2) is 33.3 Å². The van der Waals surface area contributed by atoms with Crippen molar-refractivity contribution in [3.63, 3.8) is 0 Å². The number of nitrogens with two attached hydrogens (primary N) is 1. The van der Waals surface area contributed by atoms with E-state index in [4.69, 9.17) is 10.5 Å². The van der Waals surface area contributed by atoms with E-state index >= 15 is 0 Å². The van der Waals surface area contributed by atoms with Crippen molar-refractivity contribution in [3.05, 3.63) is 18.2 Å². The average Bonchev–Trinajstić information content (AvgIpc) is 2.18. The summed E-state index contributed by atoms with van der Waals surface area (Å²) < 4.78 is 27.1. The monoisotopic (exact) mass is 261 g/mol. The second-order valence-corrected chi connectivity index (χ2v) is 6.79. The van der Waals surface area contributed by atoms with E-state index < -0.39 is 9.84 Å². The van der Waals surface area contributed by atoms with Gasteiger partial charge in [0.1, 0.15) is 15.6 Å². The molecule has 4 nitrogen and oxygen atoms in total. The molecule has 1 aromatic carbocycles. The van der Waals surface area contributed by atoms with Crippen molar-refractivity contribution in [1.29, 1.82) is 0 Å². The van der Waals surface area contributed by atoms with Crippen LogP contribution < -0.4 is 10.5 Å². The average molecular weight is 261 g/mol. The minimum atomic E-state index is -2.91. The van der Waals surface area contributed by atoms with E-state index in [1.54, 1.807) is 19.2 Å². The standard InChI is InChI=1S/C10H15NO3S2/c1-14-9-7-8(11)3-4-10(9)15-5-6-16(2,12)13/h3-4,7H,5-6,11H2,1-2H3. The molecule has 0 saturated carbocycles. The van der Waals surface area contributed by atoms with Crippen LogP contribution in [-0.2, 0) is 9.84 Å². The maximum atomic E-state index is 11.0. The highest BCUT2D eigenvalue weighted by Gasteiger charge is 2.06. The Labute approximate surface area is 100 Å². The Bertz CT molecular complexity index is 457. The summed E-state index contributed by atoms with van der Waals surface area (Å²) in [6, 6.07) is 5.33. The molecule has 0 aliphatic rings. The Morgan fingerprint density at radius 3 is 2.69 bits per heavy atom. The number of anilines is 1. The molecule has 90 valence electrons. The Morgan fingerprint density at radius 1 is 1.44 bits per heavy atom. The van der Waals surface area contributed by atoms with E-state index in [9.17, 15) is 8.42 Å². The molecule has 0 unspecified atom stereocenters. The SMILES string of the molecule is COc1cc(N)ccc1SCCS(C)(=O)=O. The van der Waals surface area contributed by atoms with Gasteiger partial charge in [0.25, 0.3) is 0 Å². The summed E-state index contributed by atoms with van der Waals surface area (Å²) in [6.45, 7) is 0. The number of ether oxygens (including phenoxy) is 1. The maximum Gasteiger partial charge on any atom is 0.148 e. The first-order valence-electron chi connectivity index (χ1n) is 4.66. The minimum absolute atomic E-state index is 0.158. The molecule has 2 N–H and O–H groups in total. The highest BCUT2D eigenvalue weighted by atomic mass is 32.2. The first-order valence-corrected chi connectivity index (χ1v) is 7.71. The fraction of sp³-hybridized carbons (Fsp3) is 0.400. The molecule has 0 amide bonds. The molecule has 0 aliphatic carbocycles. The summed E-state index contributed by atoms with van der Waals surface area (Å²) in [6.07, 6.45) is 1.23. The van der Waals surface area contributed by atoms with Gasteiger partial charge in [-0.15, -0.1) is 11.8 Å². The molecule has 1 rings (SSSR count).